The van der Waals surface area contributed by atoms with Crippen molar-refractivity contribution in [1.29, 1.82) is 5.26 Å². The van der Waals surface area contributed by atoms with E-state index >= 15 is 0 Å². The lowest BCUT2D eigenvalue weighted by Gasteiger charge is -2.18. The Bertz CT molecular complexity index is 440. The number of carbonyl (C=O) groups is 1. The first kappa shape index (κ1) is 12.3. The number of nitriles is 1. The van der Waals surface area contributed by atoms with Gasteiger partial charge in [0.2, 0.25) is 0 Å². The number of hydrogen-bond acceptors (Lipinski definition) is 3. The van der Waals surface area contributed by atoms with Gasteiger partial charge in [0.15, 0.2) is 0 Å². The molecule has 4 nitrogen and oxygen atoms in total. The maximum absolute atomic E-state index is 10.4. The van der Waals surface area contributed by atoms with Gasteiger partial charge in [-0.05, 0) is 18.2 Å². The number of aliphatic carboxylic acids is 1. The van der Waals surface area contributed by atoms with E-state index in [-0.39, 0.29) is 6.42 Å². The Morgan fingerprint density at radius 2 is 2.31 bits per heavy atom. The Morgan fingerprint density at radius 3 is 2.81 bits per heavy atom. The van der Waals surface area contributed by atoms with Gasteiger partial charge in [-0.3, -0.25) is 4.79 Å². The summed E-state index contributed by atoms with van der Waals surface area (Å²) < 4.78 is 0. The second-order valence-corrected chi connectivity index (χ2v) is 3.75. The van der Waals surface area contributed by atoms with Crippen molar-refractivity contribution in [1.82, 2.24) is 0 Å². The predicted octanol–water partition coefficient (Wildman–Crippen LogP) is 2.12. The van der Waals surface area contributed by atoms with E-state index in [4.69, 9.17) is 22.0 Å². The number of hydrogen-bond donors (Lipinski definition) is 1. The molecule has 0 amide bonds. The van der Waals surface area contributed by atoms with Crippen molar-refractivity contribution in [3.63, 3.8) is 0 Å². The fourth-order valence-electron chi connectivity index (χ4n) is 1.22. The zero-order valence-electron chi connectivity index (χ0n) is 8.77. The first-order chi connectivity index (χ1) is 7.54. The third kappa shape index (κ3) is 3.14. The molecule has 0 fully saturated rings. The van der Waals surface area contributed by atoms with Crippen molar-refractivity contribution in [2.24, 2.45) is 0 Å². The van der Waals surface area contributed by atoms with Gasteiger partial charge in [0.05, 0.1) is 17.0 Å². The lowest BCUT2D eigenvalue weighted by molar-refractivity contribution is -0.136. The van der Waals surface area contributed by atoms with Gasteiger partial charge in [0.1, 0.15) is 6.07 Å². The standard InChI is InChI=1S/C11H11ClN2O2/c1-14(5-4-11(15)16)9-3-2-8(7-13)10(12)6-9/h2-3,6H,4-5H2,1H3,(H,15,16). The summed E-state index contributed by atoms with van der Waals surface area (Å²) in [7, 11) is 1.78. The molecule has 0 heterocycles. The molecule has 1 N–H and O–H groups in total. The maximum Gasteiger partial charge on any atom is 0.305 e. The van der Waals surface area contributed by atoms with Crippen LogP contribution in [0.1, 0.15) is 12.0 Å². The summed E-state index contributed by atoms with van der Waals surface area (Å²) in [6.07, 6.45) is 0.0636. The molecule has 0 aliphatic carbocycles. The Morgan fingerprint density at radius 1 is 1.62 bits per heavy atom. The maximum atomic E-state index is 10.4. The van der Waals surface area contributed by atoms with Crippen molar-refractivity contribution in [2.75, 3.05) is 18.5 Å². The molecule has 0 aliphatic rings. The molecule has 0 saturated heterocycles. The lowest BCUT2D eigenvalue weighted by Crippen LogP contribution is -2.20. The SMILES string of the molecule is CN(CCC(=O)O)c1ccc(C#N)c(Cl)c1. The van der Waals surface area contributed by atoms with Crippen LogP contribution in [0.25, 0.3) is 0 Å². The highest BCUT2D eigenvalue weighted by Gasteiger charge is 2.06. The summed E-state index contributed by atoms with van der Waals surface area (Å²) in [6.45, 7) is 0.400. The highest BCUT2D eigenvalue weighted by atomic mass is 35.5. The average Bonchev–Trinajstić information content (AvgIpc) is 2.25. The second kappa shape index (κ2) is 5.38. The quantitative estimate of drug-likeness (QED) is 0.873. The largest absolute Gasteiger partial charge is 0.481 e. The van der Waals surface area contributed by atoms with Gasteiger partial charge >= 0.3 is 5.97 Å². The number of benzene rings is 1. The van der Waals surface area contributed by atoms with Gasteiger partial charge in [-0.1, -0.05) is 11.6 Å². The molecule has 0 aliphatic heterocycles. The first-order valence-electron chi connectivity index (χ1n) is 4.67. The zero-order valence-corrected chi connectivity index (χ0v) is 9.53. The van der Waals surface area contributed by atoms with E-state index in [2.05, 4.69) is 0 Å². The molecule has 1 rings (SSSR count). The van der Waals surface area contributed by atoms with E-state index in [9.17, 15) is 4.79 Å². The van der Waals surface area contributed by atoms with Crippen molar-refractivity contribution in [3.05, 3.63) is 28.8 Å². The number of anilines is 1. The number of halogens is 1. The molecule has 1 aromatic carbocycles. The molecular formula is C11H11ClN2O2. The van der Waals surface area contributed by atoms with E-state index in [1.807, 2.05) is 6.07 Å². The summed E-state index contributed by atoms with van der Waals surface area (Å²) in [5.74, 6) is -0.841. The monoisotopic (exact) mass is 238 g/mol. The number of nitrogens with zero attached hydrogens (tertiary/aromatic N) is 2. The van der Waals surface area contributed by atoms with Gasteiger partial charge in [0.25, 0.3) is 0 Å². The van der Waals surface area contributed by atoms with Crippen LogP contribution < -0.4 is 4.90 Å². The van der Waals surface area contributed by atoms with Crippen LogP contribution in [0.3, 0.4) is 0 Å². The third-order valence-corrected chi connectivity index (χ3v) is 2.49. The lowest BCUT2D eigenvalue weighted by atomic mass is 10.2. The van der Waals surface area contributed by atoms with Gasteiger partial charge in [-0.25, -0.2) is 0 Å². The Balaban J connectivity index is 2.77. The fourth-order valence-corrected chi connectivity index (χ4v) is 1.44. The minimum atomic E-state index is -0.841. The van der Waals surface area contributed by atoms with Crippen LogP contribution >= 0.6 is 11.6 Å². The molecule has 16 heavy (non-hydrogen) atoms. The van der Waals surface area contributed by atoms with Crippen LogP contribution in [0.5, 0.6) is 0 Å². The number of rotatable bonds is 4. The summed E-state index contributed by atoms with van der Waals surface area (Å²) in [5, 5.41) is 17.6. The molecule has 1 aromatic rings. The summed E-state index contributed by atoms with van der Waals surface area (Å²) in [6, 6.07) is 6.98. The molecule has 0 saturated carbocycles. The van der Waals surface area contributed by atoms with E-state index < -0.39 is 5.97 Å². The summed E-state index contributed by atoms with van der Waals surface area (Å²) >= 11 is 5.87. The minimum absolute atomic E-state index is 0.0636. The molecule has 0 spiro atoms. The fraction of sp³-hybridized carbons (Fsp3) is 0.273. The molecule has 84 valence electrons. The first-order valence-corrected chi connectivity index (χ1v) is 5.05. The Kier molecular flexibility index (Phi) is 4.15. The van der Waals surface area contributed by atoms with Crippen LogP contribution in [-0.2, 0) is 4.79 Å². The van der Waals surface area contributed by atoms with Gasteiger partial charge in [-0.15, -0.1) is 0 Å². The van der Waals surface area contributed by atoms with Crippen LogP contribution in [-0.4, -0.2) is 24.7 Å². The minimum Gasteiger partial charge on any atom is -0.481 e. The summed E-state index contributed by atoms with van der Waals surface area (Å²) in [4.78, 5) is 12.2. The third-order valence-electron chi connectivity index (χ3n) is 2.17. The molecule has 0 bridgehead atoms. The van der Waals surface area contributed by atoms with Crippen LogP contribution in [0.15, 0.2) is 18.2 Å². The molecule has 5 heteroatoms. The molecule has 0 unspecified atom stereocenters. The highest BCUT2D eigenvalue weighted by Crippen LogP contribution is 2.22. The Hall–Kier alpha value is -1.73. The highest BCUT2D eigenvalue weighted by molar-refractivity contribution is 6.32. The second-order valence-electron chi connectivity index (χ2n) is 3.34. The van der Waals surface area contributed by atoms with E-state index in [0.717, 1.165) is 5.69 Å². The van der Waals surface area contributed by atoms with Crippen molar-refractivity contribution >= 4 is 23.3 Å². The normalized spacial score (nSPS) is 9.56. The van der Waals surface area contributed by atoms with Crippen molar-refractivity contribution in [2.45, 2.75) is 6.42 Å². The smallest absolute Gasteiger partial charge is 0.305 e. The van der Waals surface area contributed by atoms with Crippen LogP contribution in [0.4, 0.5) is 5.69 Å². The van der Waals surface area contributed by atoms with Gasteiger partial charge in [-0.2, -0.15) is 5.26 Å². The zero-order chi connectivity index (χ0) is 12.1. The molecule has 0 aromatic heterocycles. The predicted molar refractivity (Wildman–Crippen MR) is 61.7 cm³/mol. The van der Waals surface area contributed by atoms with Crippen LogP contribution in [0.2, 0.25) is 5.02 Å². The van der Waals surface area contributed by atoms with E-state index in [1.165, 1.54) is 0 Å². The average molecular weight is 239 g/mol. The summed E-state index contributed by atoms with van der Waals surface area (Å²) in [5.41, 5.74) is 1.21. The molecule has 0 radical (unpaired) electrons. The van der Waals surface area contributed by atoms with Crippen LogP contribution in [0, 0.1) is 11.3 Å². The van der Waals surface area contributed by atoms with Gasteiger partial charge < -0.3 is 10.0 Å². The topological polar surface area (TPSA) is 64.3 Å². The number of carboxylic acids is 1. The molecular weight excluding hydrogens is 228 g/mol. The van der Waals surface area contributed by atoms with E-state index in [0.29, 0.717) is 17.1 Å². The Labute approximate surface area is 98.7 Å². The number of carboxylic acid groups (broad SMARTS) is 1. The van der Waals surface area contributed by atoms with Crippen molar-refractivity contribution in [3.8, 4) is 6.07 Å². The van der Waals surface area contributed by atoms with E-state index in [1.54, 1.807) is 30.1 Å². The van der Waals surface area contributed by atoms with Gasteiger partial charge in [0, 0.05) is 19.3 Å². The van der Waals surface area contributed by atoms with Crippen molar-refractivity contribution < 1.29 is 9.90 Å². The molecule has 0 atom stereocenters.